The second-order valence-electron chi connectivity index (χ2n) is 10.3. The third-order valence-corrected chi connectivity index (χ3v) is 8.81. The van der Waals surface area contributed by atoms with Gasteiger partial charge in [0.05, 0.1) is 24.7 Å². The zero-order valence-corrected chi connectivity index (χ0v) is 17.6. The molecule has 0 radical (unpaired) electrons. The van der Waals surface area contributed by atoms with Crippen molar-refractivity contribution in [3.8, 4) is 0 Å². The van der Waals surface area contributed by atoms with Crippen molar-refractivity contribution in [3.63, 3.8) is 0 Å². The zero-order chi connectivity index (χ0) is 20.4. The summed E-state index contributed by atoms with van der Waals surface area (Å²) in [5.74, 6) is 0.0859. The minimum atomic E-state index is -0.498. The van der Waals surface area contributed by atoms with Gasteiger partial charge in [0.25, 0.3) is 0 Å². The summed E-state index contributed by atoms with van der Waals surface area (Å²) >= 11 is 0. The first kappa shape index (κ1) is 20.1. The first-order valence-electron chi connectivity index (χ1n) is 10.7. The monoisotopic (exact) mass is 394 g/mol. The van der Waals surface area contributed by atoms with Crippen LogP contribution in [0.1, 0.15) is 72.6 Å². The van der Waals surface area contributed by atoms with Gasteiger partial charge in [-0.15, -0.1) is 0 Å². The molecule has 2 saturated heterocycles. The summed E-state index contributed by atoms with van der Waals surface area (Å²) in [6, 6.07) is 0. The molecule has 2 aliphatic carbocycles. The van der Waals surface area contributed by atoms with Crippen LogP contribution in [0.3, 0.4) is 0 Å². The lowest BCUT2D eigenvalue weighted by atomic mass is 9.43. The molecular formula is C22H34O6. The third-order valence-electron chi connectivity index (χ3n) is 8.81. The Balaban J connectivity index is 1.69. The lowest BCUT2D eigenvalue weighted by Crippen LogP contribution is -2.66. The molecule has 0 aromatic rings. The Labute approximate surface area is 167 Å². The number of carbonyl (C=O) groups is 2. The highest BCUT2D eigenvalue weighted by atomic mass is 16.6. The van der Waals surface area contributed by atoms with Crippen molar-refractivity contribution < 1.29 is 28.9 Å². The number of hydrogen-bond acceptors (Lipinski definition) is 6. The van der Waals surface area contributed by atoms with E-state index in [1.165, 1.54) is 6.92 Å². The van der Waals surface area contributed by atoms with Gasteiger partial charge in [-0.05, 0) is 50.4 Å². The third kappa shape index (κ3) is 2.67. The molecule has 1 N–H and O–H groups in total. The van der Waals surface area contributed by atoms with Crippen LogP contribution in [0.4, 0.5) is 0 Å². The molecule has 0 unspecified atom stereocenters. The quantitative estimate of drug-likeness (QED) is 0.725. The Morgan fingerprint density at radius 2 is 1.96 bits per heavy atom. The number of cyclic esters (lactones) is 1. The predicted molar refractivity (Wildman–Crippen MR) is 101 cm³/mol. The first-order valence-corrected chi connectivity index (χ1v) is 10.7. The summed E-state index contributed by atoms with van der Waals surface area (Å²) in [5.41, 5.74) is -1.46. The Bertz CT molecular complexity index is 678. The standard InChI is InChI=1S/C22H34O6/c1-14-5-6-16-19(3,12-26-15(2)23)17(24)7-8-20(16,4)22(14)10-9-21(28-22)11-18(25)27-13-21/h14,16-17,24H,5-13H2,1-4H3/t14-,16+,17+,19+,20+,21+,22-/m1/s1. The van der Waals surface area contributed by atoms with Crippen LogP contribution in [0.5, 0.6) is 0 Å². The van der Waals surface area contributed by atoms with Crippen LogP contribution in [0.2, 0.25) is 0 Å². The van der Waals surface area contributed by atoms with Gasteiger partial charge in [-0.1, -0.05) is 20.8 Å². The molecule has 2 heterocycles. The maximum Gasteiger partial charge on any atom is 0.308 e. The zero-order valence-electron chi connectivity index (χ0n) is 17.6. The van der Waals surface area contributed by atoms with Gasteiger partial charge in [0, 0.05) is 17.8 Å². The van der Waals surface area contributed by atoms with Crippen LogP contribution < -0.4 is 0 Å². The van der Waals surface area contributed by atoms with Gasteiger partial charge in [0.15, 0.2) is 0 Å². The van der Waals surface area contributed by atoms with Gasteiger partial charge >= 0.3 is 11.9 Å². The Morgan fingerprint density at radius 3 is 2.61 bits per heavy atom. The summed E-state index contributed by atoms with van der Waals surface area (Å²) in [5, 5.41) is 10.9. The van der Waals surface area contributed by atoms with E-state index < -0.39 is 17.1 Å². The first-order chi connectivity index (χ1) is 13.1. The van der Waals surface area contributed by atoms with E-state index in [2.05, 4.69) is 20.8 Å². The molecule has 0 amide bonds. The summed E-state index contributed by atoms with van der Waals surface area (Å²) in [4.78, 5) is 23.3. The van der Waals surface area contributed by atoms with Crippen LogP contribution in [-0.4, -0.2) is 47.6 Å². The Hall–Kier alpha value is -1.14. The van der Waals surface area contributed by atoms with Crippen LogP contribution in [0, 0.1) is 22.7 Å². The highest BCUT2D eigenvalue weighted by molar-refractivity contribution is 5.73. The van der Waals surface area contributed by atoms with Gasteiger partial charge < -0.3 is 19.3 Å². The van der Waals surface area contributed by atoms with Crippen LogP contribution >= 0.6 is 0 Å². The molecule has 4 aliphatic rings. The predicted octanol–water partition coefficient (Wildman–Crippen LogP) is 3.00. The molecule has 28 heavy (non-hydrogen) atoms. The van der Waals surface area contributed by atoms with Crippen molar-refractivity contribution in [2.75, 3.05) is 13.2 Å². The molecule has 0 bridgehead atoms. The highest BCUT2D eigenvalue weighted by Gasteiger charge is 2.70. The second-order valence-corrected chi connectivity index (χ2v) is 10.3. The molecule has 2 spiro atoms. The molecule has 6 nitrogen and oxygen atoms in total. The molecule has 2 aliphatic heterocycles. The lowest BCUT2D eigenvalue weighted by Gasteiger charge is -2.65. The van der Waals surface area contributed by atoms with E-state index in [0.29, 0.717) is 25.4 Å². The maximum atomic E-state index is 11.8. The van der Waals surface area contributed by atoms with Gasteiger partial charge in [-0.3, -0.25) is 9.59 Å². The summed E-state index contributed by atoms with van der Waals surface area (Å²) < 4.78 is 17.6. The van der Waals surface area contributed by atoms with Crippen molar-refractivity contribution in [1.82, 2.24) is 0 Å². The molecule has 7 atom stereocenters. The number of esters is 2. The van der Waals surface area contributed by atoms with Gasteiger partial charge in [-0.2, -0.15) is 0 Å². The van der Waals surface area contributed by atoms with E-state index in [-0.39, 0.29) is 35.5 Å². The van der Waals surface area contributed by atoms with Crippen molar-refractivity contribution in [1.29, 1.82) is 0 Å². The Morgan fingerprint density at radius 1 is 1.21 bits per heavy atom. The van der Waals surface area contributed by atoms with Crippen molar-refractivity contribution >= 4 is 11.9 Å². The number of aliphatic hydroxyl groups excluding tert-OH is 1. The van der Waals surface area contributed by atoms with E-state index in [0.717, 1.165) is 32.1 Å². The van der Waals surface area contributed by atoms with Crippen molar-refractivity contribution in [2.24, 2.45) is 22.7 Å². The molecule has 0 aromatic carbocycles. The topological polar surface area (TPSA) is 82.1 Å². The van der Waals surface area contributed by atoms with Crippen LogP contribution in [0.25, 0.3) is 0 Å². The fourth-order valence-corrected chi connectivity index (χ4v) is 7.18. The number of carbonyl (C=O) groups excluding carboxylic acids is 2. The molecule has 4 fully saturated rings. The maximum absolute atomic E-state index is 11.8. The van der Waals surface area contributed by atoms with Crippen LogP contribution in [0.15, 0.2) is 0 Å². The van der Waals surface area contributed by atoms with Gasteiger partial charge in [-0.25, -0.2) is 0 Å². The number of rotatable bonds is 2. The van der Waals surface area contributed by atoms with E-state index in [1.807, 2.05) is 0 Å². The summed E-state index contributed by atoms with van der Waals surface area (Å²) in [7, 11) is 0. The average Bonchev–Trinajstić information content (AvgIpc) is 3.19. The molecule has 4 rings (SSSR count). The largest absolute Gasteiger partial charge is 0.465 e. The Kier molecular flexibility index (Phi) is 4.63. The fourth-order valence-electron chi connectivity index (χ4n) is 7.18. The molecule has 0 aromatic heterocycles. The molecule has 6 heteroatoms. The van der Waals surface area contributed by atoms with Crippen molar-refractivity contribution in [3.05, 3.63) is 0 Å². The highest BCUT2D eigenvalue weighted by Crippen LogP contribution is 2.68. The SMILES string of the molecule is CC(=O)OC[C@]1(C)[C@@H](O)CC[C@@]2(C)[C@H]1CC[C@@H](C)[C@]21CC[C@]2(COC(=O)C2)O1. The van der Waals surface area contributed by atoms with Gasteiger partial charge in [0.1, 0.15) is 12.2 Å². The minimum Gasteiger partial charge on any atom is -0.465 e. The average molecular weight is 395 g/mol. The van der Waals surface area contributed by atoms with E-state index in [1.54, 1.807) is 0 Å². The number of ether oxygens (including phenoxy) is 3. The van der Waals surface area contributed by atoms with E-state index in [9.17, 15) is 14.7 Å². The number of aliphatic hydroxyl groups is 1. The van der Waals surface area contributed by atoms with E-state index >= 15 is 0 Å². The molecule has 158 valence electrons. The van der Waals surface area contributed by atoms with E-state index in [4.69, 9.17) is 14.2 Å². The van der Waals surface area contributed by atoms with Gasteiger partial charge in [0.2, 0.25) is 0 Å². The normalized spacial score (nSPS) is 50.6. The molecular weight excluding hydrogens is 360 g/mol. The number of fused-ring (bicyclic) bond motifs is 2. The fraction of sp³-hybridized carbons (Fsp3) is 0.909. The second kappa shape index (κ2) is 6.43. The lowest BCUT2D eigenvalue weighted by molar-refractivity contribution is -0.267. The minimum absolute atomic E-state index is 0.145. The summed E-state index contributed by atoms with van der Waals surface area (Å²) in [6.45, 7) is 8.66. The summed E-state index contributed by atoms with van der Waals surface area (Å²) in [6.07, 6.45) is 5.14. The smallest absolute Gasteiger partial charge is 0.308 e. The molecule has 2 saturated carbocycles. The van der Waals surface area contributed by atoms with Crippen LogP contribution in [-0.2, 0) is 23.8 Å². The number of hydrogen-bond donors (Lipinski definition) is 1. The van der Waals surface area contributed by atoms with Crippen molar-refractivity contribution in [2.45, 2.75) is 89.9 Å².